The molecule has 0 N–H and O–H groups in total. The SMILES string of the molecule is C[C@]12CC[C@@H]3[C@H](CCC4=CC(=O)CC[C@@]43C)[C@H]1CC[C@H]2O[Si](O[C@@H]1CC[C@@H]2[C@@H]3CCC4=CC(=O)CC[C@]4(C)[C@H]3CC[C@@]21C)(c1ccccc1)c1ccccc1. The molecule has 8 aliphatic carbocycles. The third kappa shape index (κ3) is 5.47. The van der Waals surface area contributed by atoms with Crippen LogP contribution in [0.2, 0.25) is 0 Å². The van der Waals surface area contributed by atoms with Crippen molar-refractivity contribution in [3.05, 3.63) is 84.0 Å². The molecule has 10 rings (SSSR count). The van der Waals surface area contributed by atoms with E-state index in [1.165, 1.54) is 72.9 Å². The molecule has 0 saturated heterocycles. The average molecular weight is 757 g/mol. The third-order valence-corrected chi connectivity index (χ3v) is 22.1. The summed E-state index contributed by atoms with van der Waals surface area (Å²) in [4.78, 5) is 25.0. The van der Waals surface area contributed by atoms with Crippen molar-refractivity contribution < 1.29 is 18.4 Å². The number of carbonyl (C=O) groups excluding carboxylic acids is 2. The fourth-order valence-electron chi connectivity index (χ4n) is 15.6. The van der Waals surface area contributed by atoms with Crippen LogP contribution in [0, 0.1) is 57.2 Å². The Kier molecular flexibility index (Phi) is 8.82. The fraction of sp³-hybridized carbons (Fsp3) is 0.640. The minimum atomic E-state index is -3.21. The van der Waals surface area contributed by atoms with Crippen LogP contribution in [0.3, 0.4) is 0 Å². The molecule has 6 saturated carbocycles. The van der Waals surface area contributed by atoms with Crippen LogP contribution in [0.1, 0.15) is 130 Å². The van der Waals surface area contributed by atoms with E-state index in [-0.39, 0.29) is 33.9 Å². The standard InChI is InChI=1S/C50H64O4Si/c1-47-27-23-35(51)31-33(47)15-17-39-41-19-21-45(49(41,3)29-25-43(39)47)53-55(37-11-7-5-8-12-37,38-13-9-6-10-14-38)54-46-22-20-42-40-18-16-34-32-36(52)24-28-48(34,2)44(40)26-30-50(42,46)4/h5-14,31-32,39-46H,15-30H2,1-4H3/t39-,40+,41-,42-,43-,44+,45-,46-,47+,48+,49+,50+/m1/s1. The van der Waals surface area contributed by atoms with Gasteiger partial charge in [-0.25, -0.2) is 0 Å². The molecule has 0 unspecified atom stereocenters. The van der Waals surface area contributed by atoms with Crippen LogP contribution in [0.25, 0.3) is 0 Å². The van der Waals surface area contributed by atoms with Gasteiger partial charge in [-0.3, -0.25) is 9.59 Å². The second-order valence-corrected chi connectivity index (χ2v) is 23.6. The van der Waals surface area contributed by atoms with E-state index in [1.807, 2.05) is 12.2 Å². The maximum absolute atomic E-state index is 12.5. The molecule has 2 aromatic rings. The van der Waals surface area contributed by atoms with Crippen molar-refractivity contribution in [2.24, 2.45) is 57.2 Å². The lowest BCUT2D eigenvalue weighted by Gasteiger charge is -2.59. The Hall–Kier alpha value is -2.60. The molecular weight excluding hydrogens is 693 g/mol. The highest BCUT2D eigenvalue weighted by molar-refractivity contribution is 6.92. The molecule has 6 fully saturated rings. The molecule has 0 bridgehead atoms. The van der Waals surface area contributed by atoms with E-state index >= 15 is 0 Å². The summed E-state index contributed by atoms with van der Waals surface area (Å²) in [7, 11) is -3.21. The lowest BCUT2D eigenvalue weighted by atomic mass is 9.47. The highest BCUT2D eigenvalue weighted by Gasteiger charge is 2.64. The lowest BCUT2D eigenvalue weighted by Crippen LogP contribution is -2.68. The van der Waals surface area contributed by atoms with Gasteiger partial charge in [0, 0.05) is 12.8 Å². The molecule has 2 aromatic carbocycles. The van der Waals surface area contributed by atoms with Gasteiger partial charge in [0.1, 0.15) is 0 Å². The zero-order valence-corrected chi connectivity index (χ0v) is 35.0. The quantitative estimate of drug-likeness (QED) is 0.276. The number of fused-ring (bicyclic) bond motifs is 10. The number of hydrogen-bond donors (Lipinski definition) is 0. The Bertz CT molecular complexity index is 1760. The van der Waals surface area contributed by atoms with Gasteiger partial charge in [-0.1, -0.05) is 99.5 Å². The molecule has 4 nitrogen and oxygen atoms in total. The van der Waals surface area contributed by atoms with Crippen molar-refractivity contribution in [1.29, 1.82) is 0 Å². The number of carbonyl (C=O) groups is 2. The van der Waals surface area contributed by atoms with Crippen molar-refractivity contribution in [2.45, 2.75) is 143 Å². The Morgan fingerprint density at radius 3 is 1.33 bits per heavy atom. The van der Waals surface area contributed by atoms with E-state index in [0.717, 1.165) is 51.4 Å². The molecule has 0 heterocycles. The van der Waals surface area contributed by atoms with E-state index in [2.05, 4.69) is 88.4 Å². The van der Waals surface area contributed by atoms with Crippen molar-refractivity contribution >= 4 is 30.5 Å². The Morgan fingerprint density at radius 1 is 0.491 bits per heavy atom. The van der Waals surface area contributed by atoms with Crippen LogP contribution < -0.4 is 10.4 Å². The first-order valence-corrected chi connectivity index (χ1v) is 24.2. The maximum atomic E-state index is 12.5. The second kappa shape index (κ2) is 13.2. The van der Waals surface area contributed by atoms with Gasteiger partial charge in [-0.2, -0.15) is 0 Å². The number of hydrogen-bond acceptors (Lipinski definition) is 4. The molecule has 5 heteroatoms. The number of rotatable bonds is 6. The highest BCUT2D eigenvalue weighted by Crippen LogP contribution is 2.68. The van der Waals surface area contributed by atoms with Gasteiger partial charge >= 0.3 is 8.56 Å². The number of ketones is 2. The second-order valence-electron chi connectivity index (χ2n) is 20.7. The van der Waals surface area contributed by atoms with Crippen molar-refractivity contribution in [1.82, 2.24) is 0 Å². The molecule has 0 spiro atoms. The minimum Gasteiger partial charge on any atom is -0.384 e. The molecule has 0 amide bonds. The molecular formula is C50H64O4Si. The van der Waals surface area contributed by atoms with Gasteiger partial charge in [0.15, 0.2) is 11.6 Å². The Labute approximate surface area is 331 Å². The Balaban J connectivity index is 0.984. The minimum absolute atomic E-state index is 0.110. The average Bonchev–Trinajstić information content (AvgIpc) is 3.71. The van der Waals surface area contributed by atoms with Crippen LogP contribution in [-0.4, -0.2) is 32.3 Å². The summed E-state index contributed by atoms with van der Waals surface area (Å²) in [6.45, 7) is 10.2. The summed E-state index contributed by atoms with van der Waals surface area (Å²) >= 11 is 0. The molecule has 8 aliphatic rings. The van der Waals surface area contributed by atoms with E-state index in [9.17, 15) is 9.59 Å². The van der Waals surface area contributed by atoms with Gasteiger partial charge in [0.2, 0.25) is 0 Å². The first-order chi connectivity index (χ1) is 26.5. The van der Waals surface area contributed by atoms with Gasteiger partial charge in [-0.05, 0) is 170 Å². The molecule has 0 aliphatic heterocycles. The number of benzene rings is 2. The highest BCUT2D eigenvalue weighted by atomic mass is 28.4. The summed E-state index contributed by atoms with van der Waals surface area (Å²) < 4.78 is 16.2. The maximum Gasteiger partial charge on any atom is 0.407 e. The van der Waals surface area contributed by atoms with Gasteiger partial charge < -0.3 is 8.85 Å². The van der Waals surface area contributed by atoms with Crippen LogP contribution in [0.4, 0.5) is 0 Å². The Morgan fingerprint density at radius 2 is 0.909 bits per heavy atom. The van der Waals surface area contributed by atoms with Crippen LogP contribution in [0.15, 0.2) is 84.0 Å². The smallest absolute Gasteiger partial charge is 0.384 e. The third-order valence-electron chi connectivity index (χ3n) is 18.7. The summed E-state index contributed by atoms with van der Waals surface area (Å²) in [5.74, 6) is 4.74. The van der Waals surface area contributed by atoms with Crippen molar-refractivity contribution in [2.75, 3.05) is 0 Å². The molecule has 55 heavy (non-hydrogen) atoms. The molecule has 0 radical (unpaired) electrons. The van der Waals surface area contributed by atoms with Crippen molar-refractivity contribution in [3.8, 4) is 0 Å². The molecule has 292 valence electrons. The fourth-order valence-corrected chi connectivity index (χ4v) is 19.4. The topological polar surface area (TPSA) is 52.6 Å². The normalized spacial score (nSPS) is 43.6. The largest absolute Gasteiger partial charge is 0.407 e. The predicted molar refractivity (Wildman–Crippen MR) is 221 cm³/mol. The summed E-state index contributed by atoms with van der Waals surface area (Å²) in [6, 6.07) is 22.4. The van der Waals surface area contributed by atoms with Gasteiger partial charge in [-0.15, -0.1) is 0 Å². The summed E-state index contributed by atoms with van der Waals surface area (Å²) in [5.41, 5.74) is 3.50. The zero-order valence-electron chi connectivity index (χ0n) is 34.0. The van der Waals surface area contributed by atoms with Crippen LogP contribution >= 0.6 is 0 Å². The van der Waals surface area contributed by atoms with E-state index < -0.39 is 8.56 Å². The first-order valence-electron chi connectivity index (χ1n) is 22.4. The monoisotopic (exact) mass is 756 g/mol. The van der Waals surface area contributed by atoms with Crippen LogP contribution in [0.5, 0.6) is 0 Å². The van der Waals surface area contributed by atoms with E-state index in [1.54, 1.807) is 0 Å². The molecule has 12 atom stereocenters. The summed E-state index contributed by atoms with van der Waals surface area (Å²) in [6.07, 6.45) is 22.1. The van der Waals surface area contributed by atoms with Gasteiger partial charge in [0.05, 0.1) is 12.2 Å². The summed E-state index contributed by atoms with van der Waals surface area (Å²) in [5, 5.41) is 2.50. The molecule has 0 aromatic heterocycles. The zero-order chi connectivity index (χ0) is 37.8. The van der Waals surface area contributed by atoms with Crippen molar-refractivity contribution in [3.63, 3.8) is 0 Å². The van der Waals surface area contributed by atoms with Crippen LogP contribution in [-0.2, 0) is 18.4 Å². The lowest BCUT2D eigenvalue weighted by molar-refractivity contribution is -0.118. The predicted octanol–water partition coefficient (Wildman–Crippen LogP) is 10.1. The number of allylic oxidation sites excluding steroid dienone is 2. The first kappa shape index (κ1) is 36.7. The van der Waals surface area contributed by atoms with Gasteiger partial charge in [0.25, 0.3) is 0 Å². The van der Waals surface area contributed by atoms with E-state index in [0.29, 0.717) is 47.1 Å². The van der Waals surface area contributed by atoms with E-state index in [4.69, 9.17) is 8.85 Å².